The van der Waals surface area contributed by atoms with Gasteiger partial charge in [-0.3, -0.25) is 14.4 Å². The van der Waals surface area contributed by atoms with E-state index in [1.54, 1.807) is 0 Å². The normalized spacial score (nSPS) is 13.7. The van der Waals surface area contributed by atoms with Crippen molar-refractivity contribution in [1.82, 2.24) is 0 Å². The molecule has 0 amide bonds. The second kappa shape index (κ2) is 10.7. The number of carbonyl (C=O) groups excluding carboxylic acids is 3. The first-order valence-electron chi connectivity index (χ1n) is 15.0. The van der Waals surface area contributed by atoms with Crippen LogP contribution in [0.25, 0.3) is 11.1 Å². The lowest BCUT2D eigenvalue weighted by molar-refractivity contribution is 0.102. The molecule has 3 aliphatic carbocycles. The second-order valence-corrected chi connectivity index (χ2v) is 11.4. The Balaban J connectivity index is 0.000000168. The number of fused-ring (bicyclic) bond motifs is 6. The molecule has 6 aromatic carbocycles. The molecule has 0 aromatic heterocycles. The smallest absolute Gasteiger partial charge is 0.194 e. The maximum absolute atomic E-state index is 13.2. The molecule has 0 N–H and O–H groups in total. The summed E-state index contributed by atoms with van der Waals surface area (Å²) in [5.41, 5.74) is 12.5. The van der Waals surface area contributed by atoms with E-state index < -0.39 is 0 Å². The van der Waals surface area contributed by atoms with Gasteiger partial charge in [0, 0.05) is 33.4 Å². The first-order valence-corrected chi connectivity index (χ1v) is 15.0. The fraction of sp³-hybridized carbons (Fsp3) is 0.0238. The van der Waals surface area contributed by atoms with Gasteiger partial charge in [0.25, 0.3) is 0 Å². The number of carbonyl (C=O) groups is 3. The summed E-state index contributed by atoms with van der Waals surface area (Å²) in [5, 5.41) is 0. The Morgan fingerprint density at radius 3 is 0.800 bits per heavy atom. The maximum atomic E-state index is 13.2. The summed E-state index contributed by atoms with van der Waals surface area (Å²) in [6, 6.07) is 46.7. The van der Waals surface area contributed by atoms with Crippen LogP contribution in [-0.4, -0.2) is 17.3 Å². The first-order chi connectivity index (χ1) is 22.1. The predicted molar refractivity (Wildman–Crippen MR) is 177 cm³/mol. The molecular formula is C42H26O3. The lowest BCUT2D eigenvalue weighted by atomic mass is 9.73. The van der Waals surface area contributed by atoms with Crippen LogP contribution in [0.15, 0.2) is 146 Å². The van der Waals surface area contributed by atoms with Crippen LogP contribution in [0.5, 0.6) is 0 Å². The van der Waals surface area contributed by atoms with E-state index in [9.17, 15) is 14.4 Å². The molecule has 0 aliphatic heterocycles. The predicted octanol–water partition coefficient (Wildman–Crippen LogP) is 8.60. The minimum atomic E-state index is 0.0407. The van der Waals surface area contributed by atoms with Crippen LogP contribution < -0.4 is 0 Å². The van der Waals surface area contributed by atoms with Gasteiger partial charge in [0.05, 0.1) is 0 Å². The topological polar surface area (TPSA) is 51.2 Å². The van der Waals surface area contributed by atoms with Crippen LogP contribution in [0.1, 0.15) is 81.1 Å². The summed E-state index contributed by atoms with van der Waals surface area (Å²) in [6.07, 6.45) is 0.873. The number of ketones is 3. The van der Waals surface area contributed by atoms with E-state index in [2.05, 4.69) is 0 Å². The molecule has 0 spiro atoms. The Morgan fingerprint density at radius 1 is 0.267 bits per heavy atom. The summed E-state index contributed by atoms with van der Waals surface area (Å²) in [6.45, 7) is 0. The van der Waals surface area contributed by atoms with E-state index >= 15 is 0 Å². The van der Waals surface area contributed by atoms with E-state index in [1.165, 1.54) is 0 Å². The molecule has 0 bridgehead atoms. The lowest BCUT2D eigenvalue weighted by Gasteiger charge is -2.29. The molecule has 45 heavy (non-hydrogen) atoms. The van der Waals surface area contributed by atoms with Gasteiger partial charge in [-0.25, -0.2) is 0 Å². The highest BCUT2D eigenvalue weighted by Crippen LogP contribution is 2.46. The first kappa shape index (κ1) is 26.7. The third-order valence-electron chi connectivity index (χ3n) is 8.92. The van der Waals surface area contributed by atoms with E-state index in [0.717, 1.165) is 62.1 Å². The van der Waals surface area contributed by atoms with Crippen LogP contribution in [-0.2, 0) is 6.42 Å². The lowest BCUT2D eigenvalue weighted by Crippen LogP contribution is -2.19. The summed E-state index contributed by atoms with van der Waals surface area (Å²) in [5.74, 6) is 0.241. The van der Waals surface area contributed by atoms with Gasteiger partial charge in [0.1, 0.15) is 0 Å². The molecule has 0 saturated carbocycles. The molecule has 0 fully saturated rings. The molecule has 0 radical (unpaired) electrons. The SMILES string of the molecule is O=C1c2ccccc2C(=C2c3ccccc3C(=O)c3ccccc32)c2ccccc21.O=C1c2ccccc2Cc2ccccc21. The summed E-state index contributed by atoms with van der Waals surface area (Å²) in [7, 11) is 0. The van der Waals surface area contributed by atoms with Gasteiger partial charge in [-0.2, -0.15) is 0 Å². The fourth-order valence-electron chi connectivity index (χ4n) is 6.86. The Bertz CT molecular complexity index is 1990. The quantitative estimate of drug-likeness (QED) is 0.181. The van der Waals surface area contributed by atoms with Gasteiger partial charge < -0.3 is 0 Å². The number of rotatable bonds is 0. The van der Waals surface area contributed by atoms with Gasteiger partial charge in [-0.1, -0.05) is 146 Å². The summed E-state index contributed by atoms with van der Waals surface area (Å²) in [4.78, 5) is 38.5. The minimum Gasteiger partial charge on any atom is -0.289 e. The van der Waals surface area contributed by atoms with Gasteiger partial charge in [0.15, 0.2) is 17.3 Å². The largest absolute Gasteiger partial charge is 0.289 e. The molecule has 0 heterocycles. The minimum absolute atomic E-state index is 0.0407. The highest BCUT2D eigenvalue weighted by Gasteiger charge is 2.34. The second-order valence-electron chi connectivity index (χ2n) is 11.4. The fourth-order valence-corrected chi connectivity index (χ4v) is 6.86. The van der Waals surface area contributed by atoms with Crippen molar-refractivity contribution in [2.75, 3.05) is 0 Å². The Hall–Kier alpha value is -5.93. The summed E-state index contributed by atoms with van der Waals surface area (Å²) >= 11 is 0. The third kappa shape index (κ3) is 4.24. The molecular weight excluding hydrogens is 552 g/mol. The molecule has 6 aromatic rings. The average molecular weight is 579 g/mol. The van der Waals surface area contributed by atoms with Crippen molar-refractivity contribution >= 4 is 28.5 Å². The molecule has 3 heteroatoms. The van der Waals surface area contributed by atoms with E-state index in [0.29, 0.717) is 22.3 Å². The highest BCUT2D eigenvalue weighted by atomic mass is 16.1. The van der Waals surface area contributed by atoms with Crippen LogP contribution in [0.3, 0.4) is 0 Å². The molecule has 3 aliphatic rings. The summed E-state index contributed by atoms with van der Waals surface area (Å²) < 4.78 is 0. The van der Waals surface area contributed by atoms with E-state index in [1.807, 2.05) is 146 Å². The van der Waals surface area contributed by atoms with Gasteiger partial charge in [-0.15, -0.1) is 0 Å². The average Bonchev–Trinajstić information content (AvgIpc) is 3.10. The molecule has 0 atom stereocenters. The van der Waals surface area contributed by atoms with Crippen molar-refractivity contribution in [3.8, 4) is 0 Å². The van der Waals surface area contributed by atoms with E-state index in [-0.39, 0.29) is 17.3 Å². The zero-order valence-corrected chi connectivity index (χ0v) is 24.3. The monoisotopic (exact) mass is 578 g/mol. The van der Waals surface area contributed by atoms with E-state index in [4.69, 9.17) is 0 Å². The van der Waals surface area contributed by atoms with Gasteiger partial charge in [0.2, 0.25) is 0 Å². The van der Waals surface area contributed by atoms with Crippen LogP contribution >= 0.6 is 0 Å². The van der Waals surface area contributed by atoms with Crippen molar-refractivity contribution in [1.29, 1.82) is 0 Å². The van der Waals surface area contributed by atoms with Crippen molar-refractivity contribution in [3.05, 3.63) is 212 Å². The Kier molecular flexibility index (Phi) is 6.32. The van der Waals surface area contributed by atoms with Gasteiger partial charge in [-0.05, 0) is 50.9 Å². The standard InChI is InChI=1S/C28H16O2.C14H10O/c29-27-21-13-5-1-9-17(21)25(18-10-2-6-14-22(18)27)26-19-11-3-7-15-23(19)28(30)24-16-8-4-12-20(24)26;15-14-12-7-3-1-5-10(12)9-11-6-2-4-8-13(11)14/h1-16H;1-8H,9H2. The van der Waals surface area contributed by atoms with Gasteiger partial charge >= 0.3 is 0 Å². The number of benzene rings is 6. The zero-order chi connectivity index (χ0) is 30.5. The third-order valence-corrected chi connectivity index (χ3v) is 8.92. The highest BCUT2D eigenvalue weighted by molar-refractivity contribution is 6.27. The van der Waals surface area contributed by atoms with Crippen LogP contribution in [0.2, 0.25) is 0 Å². The number of hydrogen-bond donors (Lipinski definition) is 0. The maximum Gasteiger partial charge on any atom is 0.194 e. The Morgan fingerprint density at radius 2 is 0.489 bits per heavy atom. The van der Waals surface area contributed by atoms with Crippen molar-refractivity contribution in [2.45, 2.75) is 6.42 Å². The van der Waals surface area contributed by atoms with Crippen molar-refractivity contribution in [2.24, 2.45) is 0 Å². The Labute approximate surface area is 261 Å². The molecule has 0 unspecified atom stereocenters. The molecule has 212 valence electrons. The molecule has 3 nitrogen and oxygen atoms in total. The molecule has 9 rings (SSSR count). The van der Waals surface area contributed by atoms with Crippen LogP contribution in [0, 0.1) is 0 Å². The molecule has 0 saturated heterocycles. The van der Waals surface area contributed by atoms with Crippen molar-refractivity contribution in [3.63, 3.8) is 0 Å². The zero-order valence-electron chi connectivity index (χ0n) is 24.3. The number of hydrogen-bond acceptors (Lipinski definition) is 3. The van der Waals surface area contributed by atoms with Crippen molar-refractivity contribution < 1.29 is 14.4 Å². The van der Waals surface area contributed by atoms with Crippen LogP contribution in [0.4, 0.5) is 0 Å².